The molecule has 1 aliphatic heterocycles. The summed E-state index contributed by atoms with van der Waals surface area (Å²) < 4.78 is 31.8. The Kier molecular flexibility index (Phi) is 6.03. The summed E-state index contributed by atoms with van der Waals surface area (Å²) in [6.07, 6.45) is 2.62. The number of aromatic nitrogens is 2. The van der Waals surface area contributed by atoms with Crippen molar-refractivity contribution >= 4 is 17.4 Å². The molecular weight excluding hydrogens is 344 g/mol. The normalized spacial score (nSPS) is 14.8. The van der Waals surface area contributed by atoms with E-state index in [1.807, 2.05) is 0 Å². The number of nitrogens with zero attached hydrogens (tertiary/aromatic N) is 3. The molecular formula is C17H19F2N5O2. The van der Waals surface area contributed by atoms with Gasteiger partial charge in [0, 0.05) is 32.2 Å². The van der Waals surface area contributed by atoms with Gasteiger partial charge >= 0.3 is 0 Å². The van der Waals surface area contributed by atoms with Crippen molar-refractivity contribution in [2.45, 2.75) is 0 Å². The van der Waals surface area contributed by atoms with Gasteiger partial charge in [0.25, 0.3) is 5.91 Å². The minimum atomic E-state index is -0.739. The maximum Gasteiger partial charge on any atom is 0.271 e. The van der Waals surface area contributed by atoms with E-state index < -0.39 is 11.6 Å². The Morgan fingerprint density at radius 2 is 2.00 bits per heavy atom. The number of amides is 1. The van der Waals surface area contributed by atoms with Crippen molar-refractivity contribution in [3.8, 4) is 0 Å². The van der Waals surface area contributed by atoms with Gasteiger partial charge in [0.1, 0.15) is 23.1 Å². The van der Waals surface area contributed by atoms with Gasteiger partial charge in [-0.2, -0.15) is 0 Å². The quantitative estimate of drug-likeness (QED) is 0.811. The van der Waals surface area contributed by atoms with E-state index in [1.54, 1.807) is 0 Å². The minimum absolute atomic E-state index is 0.0726. The molecule has 3 rings (SSSR count). The van der Waals surface area contributed by atoms with Crippen LogP contribution in [0, 0.1) is 11.6 Å². The van der Waals surface area contributed by atoms with Crippen molar-refractivity contribution < 1.29 is 18.3 Å². The monoisotopic (exact) mass is 363 g/mol. The number of benzene rings is 1. The van der Waals surface area contributed by atoms with Crippen LogP contribution in [0.1, 0.15) is 10.5 Å². The average Bonchev–Trinajstić information content (AvgIpc) is 2.65. The topological polar surface area (TPSA) is 79.4 Å². The van der Waals surface area contributed by atoms with Crippen LogP contribution in [-0.4, -0.2) is 60.2 Å². The second kappa shape index (κ2) is 8.63. The second-order valence-corrected chi connectivity index (χ2v) is 5.75. The standard InChI is InChI=1S/C17H19F2N5O2/c18-12-1-2-14(13(19)9-12)23-16-11-21-15(10-22-16)17(25)20-3-4-24-5-7-26-8-6-24/h1-2,9-11H,3-8H2,(H,20,25)(H,22,23). The largest absolute Gasteiger partial charge is 0.379 e. The zero-order valence-electron chi connectivity index (χ0n) is 14.0. The Bertz CT molecular complexity index is 751. The Morgan fingerprint density at radius 1 is 1.19 bits per heavy atom. The number of halogens is 2. The highest BCUT2D eigenvalue weighted by Crippen LogP contribution is 2.18. The summed E-state index contributed by atoms with van der Waals surface area (Å²) in [7, 11) is 0. The van der Waals surface area contributed by atoms with Crippen molar-refractivity contribution in [2.24, 2.45) is 0 Å². The van der Waals surface area contributed by atoms with Gasteiger partial charge in [-0.3, -0.25) is 9.69 Å². The molecule has 9 heteroatoms. The first-order valence-corrected chi connectivity index (χ1v) is 8.24. The molecule has 2 heterocycles. The lowest BCUT2D eigenvalue weighted by Crippen LogP contribution is -2.41. The number of anilines is 2. The van der Waals surface area contributed by atoms with Crippen LogP contribution in [0.5, 0.6) is 0 Å². The Labute approximate surface area is 149 Å². The van der Waals surface area contributed by atoms with Gasteiger partial charge in [-0.25, -0.2) is 18.7 Å². The zero-order valence-corrected chi connectivity index (χ0v) is 14.0. The first-order chi connectivity index (χ1) is 12.6. The summed E-state index contributed by atoms with van der Waals surface area (Å²) in [5, 5.41) is 5.47. The lowest BCUT2D eigenvalue weighted by atomic mass is 10.3. The number of rotatable bonds is 6. The molecule has 1 saturated heterocycles. The number of hydrogen-bond acceptors (Lipinski definition) is 6. The number of hydrogen-bond donors (Lipinski definition) is 2. The number of carbonyl (C=O) groups excluding carboxylic acids is 1. The molecule has 1 fully saturated rings. The molecule has 0 bridgehead atoms. The van der Waals surface area contributed by atoms with E-state index in [1.165, 1.54) is 18.5 Å². The minimum Gasteiger partial charge on any atom is -0.379 e. The lowest BCUT2D eigenvalue weighted by Gasteiger charge is -2.26. The smallest absolute Gasteiger partial charge is 0.271 e. The number of ether oxygens (including phenoxy) is 1. The molecule has 0 unspecified atom stereocenters. The second-order valence-electron chi connectivity index (χ2n) is 5.75. The molecule has 1 aromatic carbocycles. The SMILES string of the molecule is O=C(NCCN1CCOCC1)c1cnc(Nc2ccc(F)cc2F)cn1. The summed E-state index contributed by atoms with van der Waals surface area (Å²) in [4.78, 5) is 22.3. The van der Waals surface area contributed by atoms with Gasteiger partial charge in [-0.15, -0.1) is 0 Å². The molecule has 2 aromatic rings. The van der Waals surface area contributed by atoms with Gasteiger partial charge < -0.3 is 15.4 Å². The third-order valence-corrected chi connectivity index (χ3v) is 3.90. The molecule has 0 aliphatic carbocycles. The highest BCUT2D eigenvalue weighted by molar-refractivity contribution is 5.92. The van der Waals surface area contributed by atoms with Crippen molar-refractivity contribution in [3.63, 3.8) is 0 Å². The van der Waals surface area contributed by atoms with E-state index in [4.69, 9.17) is 4.74 Å². The van der Waals surface area contributed by atoms with Crippen LogP contribution >= 0.6 is 0 Å². The van der Waals surface area contributed by atoms with E-state index >= 15 is 0 Å². The predicted molar refractivity (Wildman–Crippen MR) is 91.3 cm³/mol. The van der Waals surface area contributed by atoms with Gasteiger partial charge in [-0.05, 0) is 12.1 Å². The van der Waals surface area contributed by atoms with Crippen LogP contribution in [0.25, 0.3) is 0 Å². The van der Waals surface area contributed by atoms with E-state index in [9.17, 15) is 13.6 Å². The summed E-state index contributed by atoms with van der Waals surface area (Å²) in [5.41, 5.74) is 0.237. The van der Waals surface area contributed by atoms with Gasteiger partial charge in [0.2, 0.25) is 0 Å². The lowest BCUT2D eigenvalue weighted by molar-refractivity contribution is 0.0383. The molecule has 7 nitrogen and oxygen atoms in total. The highest BCUT2D eigenvalue weighted by Gasteiger charge is 2.12. The third kappa shape index (κ3) is 4.93. The molecule has 1 amide bonds. The van der Waals surface area contributed by atoms with Gasteiger partial charge in [0.05, 0.1) is 31.3 Å². The summed E-state index contributed by atoms with van der Waals surface area (Å²) in [6.45, 7) is 4.38. The van der Waals surface area contributed by atoms with Crippen LogP contribution in [0.15, 0.2) is 30.6 Å². The molecule has 2 N–H and O–H groups in total. The van der Waals surface area contributed by atoms with E-state index in [0.29, 0.717) is 19.8 Å². The maximum absolute atomic E-state index is 13.6. The van der Waals surface area contributed by atoms with E-state index in [-0.39, 0.29) is 23.1 Å². The fourth-order valence-corrected chi connectivity index (χ4v) is 2.48. The van der Waals surface area contributed by atoms with E-state index in [2.05, 4.69) is 25.5 Å². The summed E-state index contributed by atoms with van der Waals surface area (Å²) >= 11 is 0. The first-order valence-electron chi connectivity index (χ1n) is 8.24. The first kappa shape index (κ1) is 18.2. The van der Waals surface area contributed by atoms with Crippen LogP contribution in [0.3, 0.4) is 0 Å². The summed E-state index contributed by atoms with van der Waals surface area (Å²) in [6, 6.07) is 3.17. The van der Waals surface area contributed by atoms with Crippen molar-refractivity contribution in [3.05, 3.63) is 47.9 Å². The molecule has 26 heavy (non-hydrogen) atoms. The molecule has 0 saturated carbocycles. The van der Waals surface area contributed by atoms with Crippen LogP contribution in [0.4, 0.5) is 20.3 Å². The fourth-order valence-electron chi connectivity index (χ4n) is 2.48. The van der Waals surface area contributed by atoms with E-state index in [0.717, 1.165) is 31.8 Å². The van der Waals surface area contributed by atoms with Crippen molar-refractivity contribution in [1.82, 2.24) is 20.2 Å². The van der Waals surface area contributed by atoms with Crippen molar-refractivity contribution in [2.75, 3.05) is 44.7 Å². The zero-order chi connectivity index (χ0) is 18.4. The molecule has 0 radical (unpaired) electrons. The fraction of sp³-hybridized carbons (Fsp3) is 0.353. The van der Waals surface area contributed by atoms with Gasteiger partial charge in [0.15, 0.2) is 0 Å². The Morgan fingerprint density at radius 3 is 2.69 bits per heavy atom. The van der Waals surface area contributed by atoms with Crippen LogP contribution < -0.4 is 10.6 Å². The third-order valence-electron chi connectivity index (χ3n) is 3.90. The van der Waals surface area contributed by atoms with Crippen LogP contribution in [-0.2, 0) is 4.74 Å². The predicted octanol–water partition coefficient (Wildman–Crippen LogP) is 1.56. The highest BCUT2D eigenvalue weighted by atomic mass is 19.1. The molecule has 0 spiro atoms. The molecule has 1 aliphatic rings. The Balaban J connectivity index is 1.50. The Hall–Kier alpha value is -2.65. The van der Waals surface area contributed by atoms with Crippen molar-refractivity contribution in [1.29, 1.82) is 0 Å². The number of carbonyl (C=O) groups is 1. The number of morpholine rings is 1. The number of nitrogens with one attached hydrogen (secondary N) is 2. The molecule has 1 aromatic heterocycles. The average molecular weight is 363 g/mol. The maximum atomic E-state index is 13.6. The van der Waals surface area contributed by atoms with Crippen LogP contribution in [0.2, 0.25) is 0 Å². The summed E-state index contributed by atoms with van der Waals surface area (Å²) in [5.74, 6) is -1.48. The van der Waals surface area contributed by atoms with Gasteiger partial charge in [-0.1, -0.05) is 0 Å². The molecule has 138 valence electrons. The molecule has 0 atom stereocenters.